The molecule has 0 bridgehead atoms. The van der Waals surface area contributed by atoms with Gasteiger partial charge in [0.25, 0.3) is 0 Å². The van der Waals surface area contributed by atoms with Crippen molar-refractivity contribution in [1.29, 1.82) is 0 Å². The lowest BCUT2D eigenvalue weighted by atomic mass is 9.99. The molecule has 2 nitrogen and oxygen atoms in total. The second-order valence-corrected chi connectivity index (χ2v) is 5.53. The molecule has 1 aliphatic rings. The molecule has 1 atom stereocenters. The molecule has 1 rings (SSSR count). The molecule has 0 heterocycles. The summed E-state index contributed by atoms with van der Waals surface area (Å²) >= 11 is 1.91. The summed E-state index contributed by atoms with van der Waals surface area (Å²) in [4.78, 5) is 0. The van der Waals surface area contributed by atoms with Crippen LogP contribution in [-0.2, 0) is 0 Å². The van der Waals surface area contributed by atoms with Crippen molar-refractivity contribution in [2.45, 2.75) is 44.6 Å². The first kappa shape index (κ1) is 12.3. The van der Waals surface area contributed by atoms with Crippen molar-refractivity contribution >= 4 is 11.8 Å². The highest BCUT2D eigenvalue weighted by atomic mass is 32.2. The molecule has 0 aromatic rings. The third-order valence-electron chi connectivity index (χ3n) is 2.95. The Bertz CT molecular complexity index is 161. The summed E-state index contributed by atoms with van der Waals surface area (Å²) in [5, 5.41) is 9.26. The number of aliphatic hydroxyl groups is 1. The summed E-state index contributed by atoms with van der Waals surface area (Å²) in [6.45, 7) is 2.37. The smallest absolute Gasteiger partial charge is 0.0622 e. The van der Waals surface area contributed by atoms with Gasteiger partial charge in [0.05, 0.1) is 12.1 Å². The highest BCUT2D eigenvalue weighted by Gasteiger charge is 2.41. The summed E-state index contributed by atoms with van der Waals surface area (Å²) in [5.41, 5.74) is 5.87. The predicted octanol–water partition coefficient (Wildman–Crippen LogP) is 2.01. The predicted molar refractivity (Wildman–Crippen MR) is 63.6 cm³/mol. The lowest BCUT2D eigenvalue weighted by molar-refractivity contribution is 0.194. The maximum absolute atomic E-state index is 9.26. The first-order valence-electron chi connectivity index (χ1n) is 5.70. The van der Waals surface area contributed by atoms with E-state index >= 15 is 0 Å². The lowest BCUT2D eigenvalue weighted by Gasteiger charge is -2.26. The summed E-state index contributed by atoms with van der Waals surface area (Å²) in [7, 11) is 0. The van der Waals surface area contributed by atoms with E-state index in [1.165, 1.54) is 37.9 Å². The number of aliphatic hydroxyl groups excluding tert-OH is 1. The van der Waals surface area contributed by atoms with E-state index < -0.39 is 0 Å². The summed E-state index contributed by atoms with van der Waals surface area (Å²) in [6.07, 6.45) is 6.30. The molecule has 0 amide bonds. The second-order valence-electron chi connectivity index (χ2n) is 4.43. The Morgan fingerprint density at radius 1 is 1.43 bits per heavy atom. The van der Waals surface area contributed by atoms with Crippen LogP contribution in [0.1, 0.15) is 39.0 Å². The number of rotatable bonds is 8. The molecule has 1 saturated carbocycles. The van der Waals surface area contributed by atoms with Crippen LogP contribution in [0.5, 0.6) is 0 Å². The van der Waals surface area contributed by atoms with Crippen LogP contribution in [0.2, 0.25) is 0 Å². The van der Waals surface area contributed by atoms with E-state index in [-0.39, 0.29) is 12.1 Å². The summed E-state index contributed by atoms with van der Waals surface area (Å²) in [6, 6.07) is 0. The molecule has 1 unspecified atom stereocenters. The third-order valence-corrected chi connectivity index (χ3v) is 4.27. The first-order valence-corrected chi connectivity index (χ1v) is 6.86. The minimum absolute atomic E-state index is 0.151. The molecule has 14 heavy (non-hydrogen) atoms. The van der Waals surface area contributed by atoms with Gasteiger partial charge in [0, 0.05) is 5.75 Å². The van der Waals surface area contributed by atoms with Crippen LogP contribution in [0.15, 0.2) is 0 Å². The molecule has 0 aromatic heterocycles. The van der Waals surface area contributed by atoms with Gasteiger partial charge in [-0.3, -0.25) is 0 Å². The Labute approximate surface area is 91.6 Å². The van der Waals surface area contributed by atoms with Gasteiger partial charge in [-0.1, -0.05) is 19.8 Å². The Balaban J connectivity index is 2.08. The van der Waals surface area contributed by atoms with Gasteiger partial charge < -0.3 is 10.8 Å². The molecule has 0 saturated heterocycles. The normalized spacial score (nSPS) is 20.8. The van der Waals surface area contributed by atoms with Crippen molar-refractivity contribution in [3.63, 3.8) is 0 Å². The molecule has 1 fully saturated rings. The average Bonchev–Trinajstić information content (AvgIpc) is 3.01. The monoisotopic (exact) mass is 217 g/mol. The number of hydrogen-bond donors (Lipinski definition) is 2. The fourth-order valence-corrected chi connectivity index (χ4v) is 2.93. The van der Waals surface area contributed by atoms with Gasteiger partial charge in [-0.05, 0) is 30.9 Å². The second kappa shape index (κ2) is 5.99. The molecule has 1 aliphatic carbocycles. The molecule has 0 aromatic carbocycles. The maximum atomic E-state index is 9.26. The fraction of sp³-hybridized carbons (Fsp3) is 1.00. The van der Waals surface area contributed by atoms with Gasteiger partial charge in [0.15, 0.2) is 0 Å². The zero-order valence-corrected chi connectivity index (χ0v) is 9.98. The van der Waals surface area contributed by atoms with Crippen LogP contribution in [-0.4, -0.2) is 28.8 Å². The zero-order valence-electron chi connectivity index (χ0n) is 9.17. The average molecular weight is 217 g/mol. The number of nitrogens with two attached hydrogens (primary N) is 1. The lowest BCUT2D eigenvalue weighted by Crippen LogP contribution is -2.48. The molecule has 0 spiro atoms. The number of thioether (sulfide) groups is 1. The highest BCUT2D eigenvalue weighted by molar-refractivity contribution is 7.99. The van der Waals surface area contributed by atoms with Crippen molar-refractivity contribution < 1.29 is 5.11 Å². The molecule has 84 valence electrons. The van der Waals surface area contributed by atoms with E-state index in [9.17, 15) is 5.11 Å². The molecular formula is C11H23NOS. The molecular weight excluding hydrogens is 194 g/mol. The molecule has 3 heteroatoms. The molecule has 3 N–H and O–H groups in total. The van der Waals surface area contributed by atoms with Crippen molar-refractivity contribution in [3.8, 4) is 0 Å². The highest BCUT2D eigenvalue weighted by Crippen LogP contribution is 2.39. The van der Waals surface area contributed by atoms with E-state index in [2.05, 4.69) is 6.92 Å². The quantitative estimate of drug-likeness (QED) is 0.611. The summed E-state index contributed by atoms with van der Waals surface area (Å²) < 4.78 is 0. The van der Waals surface area contributed by atoms with Gasteiger partial charge in [-0.2, -0.15) is 11.8 Å². The van der Waals surface area contributed by atoms with Crippen LogP contribution in [0.3, 0.4) is 0 Å². The fourth-order valence-electron chi connectivity index (χ4n) is 1.67. The van der Waals surface area contributed by atoms with Gasteiger partial charge in [-0.25, -0.2) is 0 Å². The van der Waals surface area contributed by atoms with Gasteiger partial charge in [0.2, 0.25) is 0 Å². The molecule has 0 aliphatic heterocycles. The van der Waals surface area contributed by atoms with E-state index in [0.717, 1.165) is 5.75 Å². The Morgan fingerprint density at radius 3 is 2.64 bits per heavy atom. The van der Waals surface area contributed by atoms with Crippen LogP contribution < -0.4 is 5.73 Å². The van der Waals surface area contributed by atoms with Gasteiger partial charge >= 0.3 is 0 Å². The molecule has 0 radical (unpaired) electrons. The van der Waals surface area contributed by atoms with E-state index in [0.29, 0.717) is 5.92 Å². The van der Waals surface area contributed by atoms with Crippen LogP contribution >= 0.6 is 11.8 Å². The Kier molecular flexibility index (Phi) is 5.28. The van der Waals surface area contributed by atoms with Gasteiger partial charge in [-0.15, -0.1) is 0 Å². The van der Waals surface area contributed by atoms with E-state index in [1.807, 2.05) is 11.8 Å². The largest absolute Gasteiger partial charge is 0.394 e. The minimum atomic E-state index is -0.281. The standard InChI is InChI=1S/C11H23NOS/c1-2-3-4-7-14-9-11(12,8-13)10-5-6-10/h10,13H,2-9,12H2,1H3. The van der Waals surface area contributed by atoms with Crippen LogP contribution in [0, 0.1) is 5.92 Å². The SMILES string of the molecule is CCCCCSCC(N)(CO)C1CC1. The maximum Gasteiger partial charge on any atom is 0.0622 e. The summed E-state index contributed by atoms with van der Waals surface area (Å²) in [5.74, 6) is 2.71. The van der Waals surface area contributed by atoms with Crippen LogP contribution in [0.4, 0.5) is 0 Å². The third kappa shape index (κ3) is 3.79. The Hall–Kier alpha value is 0.270. The first-order chi connectivity index (χ1) is 6.73. The van der Waals surface area contributed by atoms with Crippen molar-refractivity contribution in [2.24, 2.45) is 11.7 Å². The van der Waals surface area contributed by atoms with E-state index in [4.69, 9.17) is 5.73 Å². The zero-order chi connectivity index (χ0) is 10.4. The topological polar surface area (TPSA) is 46.2 Å². The Morgan fingerprint density at radius 2 is 2.14 bits per heavy atom. The van der Waals surface area contributed by atoms with Gasteiger partial charge in [0.1, 0.15) is 0 Å². The van der Waals surface area contributed by atoms with Crippen molar-refractivity contribution in [3.05, 3.63) is 0 Å². The minimum Gasteiger partial charge on any atom is -0.394 e. The van der Waals surface area contributed by atoms with Crippen LogP contribution in [0.25, 0.3) is 0 Å². The van der Waals surface area contributed by atoms with Crippen molar-refractivity contribution in [1.82, 2.24) is 0 Å². The number of unbranched alkanes of at least 4 members (excludes halogenated alkanes) is 2. The van der Waals surface area contributed by atoms with Crippen molar-refractivity contribution in [2.75, 3.05) is 18.1 Å². The number of hydrogen-bond acceptors (Lipinski definition) is 3. The van der Waals surface area contributed by atoms with E-state index in [1.54, 1.807) is 0 Å².